The van der Waals surface area contributed by atoms with Gasteiger partial charge in [0.25, 0.3) is 5.91 Å². The van der Waals surface area contributed by atoms with Gasteiger partial charge in [-0.25, -0.2) is 4.39 Å². The molecule has 208 valence electrons. The van der Waals surface area contributed by atoms with E-state index >= 15 is 4.39 Å². The van der Waals surface area contributed by atoms with Crippen molar-refractivity contribution in [2.45, 2.75) is 94.6 Å². The molecule has 2 N–H and O–H groups in total. The van der Waals surface area contributed by atoms with Crippen molar-refractivity contribution in [3.05, 3.63) is 76.6 Å². The normalized spacial score (nSPS) is 18.6. The van der Waals surface area contributed by atoms with E-state index in [0.717, 1.165) is 47.3 Å². The second-order valence-corrected chi connectivity index (χ2v) is 11.8. The Morgan fingerprint density at radius 1 is 1.23 bits per heavy atom. The van der Waals surface area contributed by atoms with E-state index < -0.39 is 11.9 Å². The molecule has 3 amide bonds. The Balaban J connectivity index is 1.41. The molecule has 2 atom stereocenters. The second kappa shape index (κ2) is 12.5. The third kappa shape index (κ3) is 6.61. The predicted octanol–water partition coefficient (Wildman–Crippen LogP) is 5.88. The zero-order chi connectivity index (χ0) is 28.2. The van der Waals surface area contributed by atoms with E-state index in [0.29, 0.717) is 36.4 Å². The number of nitrogens with zero attached hydrogens (tertiary/aromatic N) is 1. The summed E-state index contributed by atoms with van der Waals surface area (Å²) in [5.41, 5.74) is 4.02. The van der Waals surface area contributed by atoms with Crippen molar-refractivity contribution < 1.29 is 18.8 Å². The van der Waals surface area contributed by atoms with E-state index in [4.69, 9.17) is 0 Å². The SMILES string of the molecule is C=C(C)CC(CC)(CCC)NCc1ccc(CSc2cccc3c2CN(C2CCC(=O)NC2=O)C3=O)cc1F. The molecule has 39 heavy (non-hydrogen) atoms. The zero-order valence-electron chi connectivity index (χ0n) is 23.1. The lowest BCUT2D eigenvalue weighted by Gasteiger charge is -2.34. The number of nitrogens with one attached hydrogen (secondary N) is 2. The van der Waals surface area contributed by atoms with E-state index in [1.165, 1.54) is 0 Å². The maximum absolute atomic E-state index is 15.1. The van der Waals surface area contributed by atoms with Crippen LogP contribution < -0.4 is 10.6 Å². The van der Waals surface area contributed by atoms with Crippen LogP contribution in [0.3, 0.4) is 0 Å². The van der Waals surface area contributed by atoms with Crippen LogP contribution in [0, 0.1) is 5.82 Å². The van der Waals surface area contributed by atoms with Crippen molar-refractivity contribution in [3.8, 4) is 0 Å². The molecule has 6 nitrogen and oxygen atoms in total. The summed E-state index contributed by atoms with van der Waals surface area (Å²) in [6.45, 7) is 11.3. The van der Waals surface area contributed by atoms with E-state index in [9.17, 15) is 14.4 Å². The Morgan fingerprint density at radius 3 is 2.69 bits per heavy atom. The lowest BCUT2D eigenvalue weighted by atomic mass is 9.84. The number of imide groups is 1. The van der Waals surface area contributed by atoms with Crippen LogP contribution in [0.15, 0.2) is 53.4 Å². The minimum atomic E-state index is -0.644. The van der Waals surface area contributed by atoms with Crippen LogP contribution in [-0.4, -0.2) is 34.2 Å². The fourth-order valence-corrected chi connectivity index (χ4v) is 6.71. The molecule has 0 aromatic heterocycles. The summed E-state index contributed by atoms with van der Waals surface area (Å²) in [6, 6.07) is 10.3. The van der Waals surface area contributed by atoms with Gasteiger partial charge in [-0.1, -0.05) is 44.0 Å². The minimum Gasteiger partial charge on any atom is -0.322 e. The lowest BCUT2D eigenvalue weighted by Crippen LogP contribution is -2.52. The average Bonchev–Trinajstić information content (AvgIpc) is 3.23. The molecule has 2 aromatic rings. The van der Waals surface area contributed by atoms with E-state index in [1.54, 1.807) is 28.8 Å². The van der Waals surface area contributed by atoms with Gasteiger partial charge in [0.1, 0.15) is 11.9 Å². The van der Waals surface area contributed by atoms with Gasteiger partial charge in [0.2, 0.25) is 11.8 Å². The van der Waals surface area contributed by atoms with Crippen LogP contribution in [0.25, 0.3) is 0 Å². The number of benzene rings is 2. The summed E-state index contributed by atoms with van der Waals surface area (Å²) in [6.07, 6.45) is 4.44. The predicted molar refractivity (Wildman–Crippen MR) is 153 cm³/mol. The number of hydrogen-bond acceptors (Lipinski definition) is 5. The molecule has 0 saturated carbocycles. The molecule has 0 bridgehead atoms. The van der Waals surface area contributed by atoms with Crippen molar-refractivity contribution >= 4 is 29.5 Å². The Kier molecular flexibility index (Phi) is 9.28. The van der Waals surface area contributed by atoms with Gasteiger partial charge in [-0.15, -0.1) is 18.3 Å². The Bertz CT molecular complexity index is 1280. The number of hydrogen-bond donors (Lipinski definition) is 2. The molecule has 1 fully saturated rings. The van der Waals surface area contributed by atoms with Gasteiger partial charge < -0.3 is 10.2 Å². The summed E-state index contributed by atoms with van der Waals surface area (Å²) in [7, 11) is 0. The van der Waals surface area contributed by atoms with Gasteiger partial charge in [-0.05, 0) is 61.9 Å². The molecule has 0 aliphatic carbocycles. The monoisotopic (exact) mass is 551 g/mol. The number of halogens is 1. The smallest absolute Gasteiger partial charge is 0.255 e. The number of carbonyl (C=O) groups is 3. The van der Waals surface area contributed by atoms with Gasteiger partial charge in [0, 0.05) is 46.8 Å². The van der Waals surface area contributed by atoms with Crippen LogP contribution in [0.5, 0.6) is 0 Å². The zero-order valence-corrected chi connectivity index (χ0v) is 23.9. The van der Waals surface area contributed by atoms with Crippen LogP contribution in [0.1, 0.15) is 86.3 Å². The van der Waals surface area contributed by atoms with Crippen molar-refractivity contribution in [2.75, 3.05) is 0 Å². The third-order valence-corrected chi connectivity index (χ3v) is 8.92. The van der Waals surface area contributed by atoms with Gasteiger partial charge in [0.05, 0.1) is 0 Å². The number of fused-ring (bicyclic) bond motifs is 1. The number of carbonyl (C=O) groups excluding carboxylic acids is 3. The van der Waals surface area contributed by atoms with E-state index in [2.05, 4.69) is 31.1 Å². The first-order valence-electron chi connectivity index (χ1n) is 13.7. The molecule has 2 aromatic carbocycles. The lowest BCUT2D eigenvalue weighted by molar-refractivity contribution is -0.136. The number of thioether (sulfide) groups is 1. The van der Waals surface area contributed by atoms with Crippen molar-refractivity contribution in [1.29, 1.82) is 0 Å². The molecular weight excluding hydrogens is 513 g/mol. The van der Waals surface area contributed by atoms with Crippen LogP contribution in [0.2, 0.25) is 0 Å². The third-order valence-electron chi connectivity index (χ3n) is 7.75. The maximum atomic E-state index is 15.1. The Labute approximate surface area is 234 Å². The van der Waals surface area contributed by atoms with Gasteiger partial charge in [-0.2, -0.15) is 0 Å². The van der Waals surface area contributed by atoms with Gasteiger partial charge in [0.15, 0.2) is 0 Å². The fourth-order valence-electron chi connectivity index (χ4n) is 5.68. The fraction of sp³-hybridized carbons (Fsp3) is 0.452. The quantitative estimate of drug-likeness (QED) is 0.196. The highest BCUT2D eigenvalue weighted by Crippen LogP contribution is 2.36. The molecule has 1 saturated heterocycles. The largest absolute Gasteiger partial charge is 0.322 e. The van der Waals surface area contributed by atoms with Crippen molar-refractivity contribution in [3.63, 3.8) is 0 Å². The van der Waals surface area contributed by atoms with Crippen LogP contribution in [-0.2, 0) is 28.4 Å². The summed E-state index contributed by atoms with van der Waals surface area (Å²) >= 11 is 1.55. The molecule has 0 spiro atoms. The molecule has 4 rings (SSSR count). The Morgan fingerprint density at radius 2 is 2.03 bits per heavy atom. The maximum Gasteiger partial charge on any atom is 0.255 e. The van der Waals surface area contributed by atoms with E-state index in [-0.39, 0.29) is 29.6 Å². The Hall–Kier alpha value is -2.97. The highest BCUT2D eigenvalue weighted by molar-refractivity contribution is 7.98. The topological polar surface area (TPSA) is 78.5 Å². The summed E-state index contributed by atoms with van der Waals surface area (Å²) in [5.74, 6) is -0.587. The van der Waals surface area contributed by atoms with Crippen LogP contribution >= 0.6 is 11.8 Å². The highest BCUT2D eigenvalue weighted by Gasteiger charge is 2.39. The molecule has 2 heterocycles. The second-order valence-electron chi connectivity index (χ2n) is 10.8. The van der Waals surface area contributed by atoms with Crippen molar-refractivity contribution in [2.24, 2.45) is 0 Å². The number of piperidine rings is 1. The molecule has 2 aliphatic rings. The molecule has 0 radical (unpaired) electrons. The summed E-state index contributed by atoms with van der Waals surface area (Å²) < 4.78 is 15.1. The van der Waals surface area contributed by atoms with Crippen molar-refractivity contribution in [1.82, 2.24) is 15.5 Å². The average molecular weight is 552 g/mol. The van der Waals surface area contributed by atoms with Gasteiger partial charge >= 0.3 is 0 Å². The summed E-state index contributed by atoms with van der Waals surface area (Å²) in [5, 5.41) is 5.97. The number of rotatable bonds is 12. The van der Waals surface area contributed by atoms with Crippen LogP contribution in [0.4, 0.5) is 4.39 Å². The molecule has 8 heteroatoms. The highest BCUT2D eigenvalue weighted by atomic mass is 32.2. The molecular formula is C31H38FN3O3S. The summed E-state index contributed by atoms with van der Waals surface area (Å²) in [4.78, 5) is 39.5. The van der Waals surface area contributed by atoms with Gasteiger partial charge in [-0.3, -0.25) is 19.7 Å². The first-order valence-corrected chi connectivity index (χ1v) is 14.7. The first-order chi connectivity index (χ1) is 18.7. The minimum absolute atomic E-state index is 0.0750. The first kappa shape index (κ1) is 29.0. The standard InChI is InChI=1S/C31H38FN3O3S/c1-5-14-31(6-2,16-20(3)4)33-17-22-11-10-21(15-25(22)32)19-39-27-9-7-8-23-24(27)18-35(30(23)38)26-12-13-28(36)34-29(26)37/h7-11,15,26,33H,3,5-6,12-14,16-19H2,1-2,4H3,(H,34,36,37). The molecule has 2 aliphatic heterocycles. The van der Waals surface area contributed by atoms with E-state index in [1.807, 2.05) is 31.2 Å². The molecule has 2 unspecified atom stereocenters. The number of amides is 3.